The van der Waals surface area contributed by atoms with Gasteiger partial charge in [-0.3, -0.25) is 10.1 Å². The topological polar surface area (TPSA) is 78.9 Å². The van der Waals surface area contributed by atoms with Gasteiger partial charge in [-0.15, -0.1) is 0 Å². The van der Waals surface area contributed by atoms with Gasteiger partial charge in [0.2, 0.25) is 5.95 Å². The fraction of sp³-hybridized carbons (Fsp3) is 0.0800. The molecule has 5 nitrogen and oxygen atoms in total. The van der Waals surface area contributed by atoms with E-state index in [1.54, 1.807) is 24.5 Å². The van der Waals surface area contributed by atoms with E-state index < -0.39 is 11.9 Å². The van der Waals surface area contributed by atoms with Crippen LogP contribution < -0.4 is 0 Å². The number of hydrogen-bond donors (Lipinski definition) is 2. The van der Waals surface area contributed by atoms with Gasteiger partial charge in [0.15, 0.2) is 0 Å². The molecule has 0 fully saturated rings. The maximum atomic E-state index is 14.2. The quantitative estimate of drug-likeness (QED) is 0.344. The van der Waals surface area contributed by atoms with E-state index in [2.05, 4.69) is 15.2 Å². The number of aliphatic carboxylic acids is 1. The number of benzene rings is 2. The highest BCUT2D eigenvalue weighted by atomic mass is 35.5. The first-order valence-electron chi connectivity index (χ1n) is 9.96. The Morgan fingerprint density at radius 1 is 1.16 bits per heavy atom. The van der Waals surface area contributed by atoms with Crippen LogP contribution in [0, 0.1) is 5.95 Å². The van der Waals surface area contributed by atoms with E-state index >= 15 is 0 Å². The number of carboxylic acids is 1. The van der Waals surface area contributed by atoms with Crippen LogP contribution in [0.5, 0.6) is 0 Å². The van der Waals surface area contributed by atoms with Crippen LogP contribution in [-0.4, -0.2) is 26.3 Å². The average Bonchev–Trinajstić information content (AvgIpc) is 3.17. The summed E-state index contributed by atoms with van der Waals surface area (Å²) in [5.41, 5.74) is 5.74. The van der Waals surface area contributed by atoms with Crippen molar-refractivity contribution < 1.29 is 14.3 Å². The second-order valence-electron chi connectivity index (χ2n) is 7.13. The van der Waals surface area contributed by atoms with Crippen LogP contribution in [-0.2, 0) is 4.79 Å². The third-order valence-electron chi connectivity index (χ3n) is 5.17. The van der Waals surface area contributed by atoms with Crippen molar-refractivity contribution in [3.8, 4) is 0 Å². The molecule has 0 radical (unpaired) electrons. The summed E-state index contributed by atoms with van der Waals surface area (Å²) in [5, 5.41) is 16.1. The van der Waals surface area contributed by atoms with Crippen molar-refractivity contribution in [1.82, 2.24) is 15.2 Å². The molecule has 0 saturated carbocycles. The van der Waals surface area contributed by atoms with E-state index in [1.807, 2.05) is 43.3 Å². The number of hydrogen-bond acceptors (Lipinski definition) is 3. The molecule has 0 aliphatic carbocycles. The number of rotatable bonds is 6. The van der Waals surface area contributed by atoms with E-state index in [9.17, 15) is 9.18 Å². The molecule has 2 heterocycles. The molecule has 160 valence electrons. The summed E-state index contributed by atoms with van der Waals surface area (Å²) in [4.78, 5) is 14.9. The van der Waals surface area contributed by atoms with Crippen LogP contribution in [0.15, 0.2) is 67.0 Å². The molecule has 2 aromatic carbocycles. The lowest BCUT2D eigenvalue weighted by molar-refractivity contribution is -0.131. The van der Waals surface area contributed by atoms with Crippen molar-refractivity contribution in [2.24, 2.45) is 0 Å². The fourth-order valence-electron chi connectivity index (χ4n) is 3.70. The molecule has 0 spiro atoms. The number of nitrogens with one attached hydrogen (secondary N) is 1. The van der Waals surface area contributed by atoms with Crippen LogP contribution >= 0.6 is 11.6 Å². The monoisotopic (exact) mass is 447 g/mol. The summed E-state index contributed by atoms with van der Waals surface area (Å²) in [6.07, 6.45) is 6.58. The maximum absolute atomic E-state index is 14.2. The van der Waals surface area contributed by atoms with Crippen LogP contribution in [0.2, 0.25) is 5.02 Å². The number of nitrogens with zero attached hydrogens (tertiary/aromatic N) is 2. The van der Waals surface area contributed by atoms with Crippen molar-refractivity contribution in [2.75, 3.05) is 0 Å². The van der Waals surface area contributed by atoms with Crippen molar-refractivity contribution in [2.45, 2.75) is 13.3 Å². The largest absolute Gasteiger partial charge is 0.478 e. The van der Waals surface area contributed by atoms with Gasteiger partial charge in [0, 0.05) is 18.5 Å². The Morgan fingerprint density at radius 3 is 2.59 bits per heavy atom. The number of allylic oxidation sites excluding steroid dienone is 1. The van der Waals surface area contributed by atoms with Gasteiger partial charge in [-0.2, -0.15) is 9.49 Å². The van der Waals surface area contributed by atoms with E-state index in [1.165, 1.54) is 6.08 Å². The number of H-pyrrole nitrogens is 1. The molecule has 2 N–H and O–H groups in total. The number of pyridine rings is 1. The second kappa shape index (κ2) is 9.16. The molecule has 4 aromatic rings. The zero-order chi connectivity index (χ0) is 22.7. The number of carbonyl (C=O) groups is 1. The van der Waals surface area contributed by atoms with Crippen LogP contribution in [0.25, 0.3) is 28.1 Å². The molecule has 0 saturated heterocycles. The lowest BCUT2D eigenvalue weighted by Gasteiger charge is -2.17. The smallest absolute Gasteiger partial charge is 0.328 e. The van der Waals surface area contributed by atoms with E-state index in [0.717, 1.165) is 39.5 Å². The Balaban J connectivity index is 1.94. The van der Waals surface area contributed by atoms with E-state index in [0.29, 0.717) is 22.3 Å². The molecule has 4 rings (SSSR count). The van der Waals surface area contributed by atoms with Crippen LogP contribution in [0.1, 0.15) is 35.6 Å². The Bertz CT molecular complexity index is 1360. The van der Waals surface area contributed by atoms with Crippen molar-refractivity contribution in [3.05, 3.63) is 100 Å². The zero-order valence-electron chi connectivity index (χ0n) is 17.1. The summed E-state index contributed by atoms with van der Waals surface area (Å²) in [6.45, 7) is 2.03. The van der Waals surface area contributed by atoms with E-state index in [-0.39, 0.29) is 0 Å². The predicted molar refractivity (Wildman–Crippen MR) is 125 cm³/mol. The van der Waals surface area contributed by atoms with Gasteiger partial charge in [-0.1, -0.05) is 48.9 Å². The minimum atomic E-state index is -1.01. The molecule has 0 unspecified atom stereocenters. The maximum Gasteiger partial charge on any atom is 0.328 e. The molecule has 32 heavy (non-hydrogen) atoms. The third-order valence-corrected chi connectivity index (χ3v) is 5.47. The summed E-state index contributed by atoms with van der Waals surface area (Å²) in [7, 11) is 0. The highest BCUT2D eigenvalue weighted by molar-refractivity contribution is 6.32. The van der Waals surface area contributed by atoms with Crippen molar-refractivity contribution >= 4 is 45.7 Å². The van der Waals surface area contributed by atoms with Gasteiger partial charge >= 0.3 is 5.97 Å². The molecular weight excluding hydrogens is 429 g/mol. The summed E-state index contributed by atoms with van der Waals surface area (Å²) in [5.74, 6) is -1.50. The Hall–Kier alpha value is -3.77. The average molecular weight is 448 g/mol. The number of aromatic nitrogens is 3. The normalized spacial score (nSPS) is 12.3. The third kappa shape index (κ3) is 4.31. The standard InChI is InChI=1S/C25H19ClFN3O2/c1-2-18(19-11-12-28-14-21(19)26)24(16-6-3-15(4-7-16)5-10-23(31)32)17-8-9-22-20(13-17)25(27)30-29-22/h3-14H,2H2,1H3,(H,29,30)(H,31,32). The van der Waals surface area contributed by atoms with Gasteiger partial charge in [0.05, 0.1) is 15.9 Å². The summed E-state index contributed by atoms with van der Waals surface area (Å²) in [6, 6.07) is 14.8. The molecule has 0 atom stereocenters. The zero-order valence-corrected chi connectivity index (χ0v) is 17.9. The van der Waals surface area contributed by atoms with Gasteiger partial charge in [0.25, 0.3) is 0 Å². The molecule has 0 amide bonds. The summed E-state index contributed by atoms with van der Waals surface area (Å²) < 4.78 is 14.2. The van der Waals surface area contributed by atoms with Gasteiger partial charge in [0.1, 0.15) is 0 Å². The lowest BCUT2D eigenvalue weighted by Crippen LogP contribution is -1.96. The Morgan fingerprint density at radius 2 is 1.91 bits per heavy atom. The number of carboxylic acid groups (broad SMARTS) is 1. The predicted octanol–water partition coefficient (Wildman–Crippen LogP) is 6.22. The fourth-order valence-corrected chi connectivity index (χ4v) is 3.93. The first-order chi connectivity index (χ1) is 15.5. The summed E-state index contributed by atoms with van der Waals surface area (Å²) >= 11 is 6.48. The minimum Gasteiger partial charge on any atom is -0.478 e. The second-order valence-corrected chi connectivity index (χ2v) is 7.53. The molecule has 2 aromatic heterocycles. The first kappa shape index (κ1) is 21.5. The molecule has 7 heteroatoms. The molecular formula is C25H19ClFN3O2. The van der Waals surface area contributed by atoms with Crippen LogP contribution in [0.3, 0.4) is 0 Å². The molecule has 0 bridgehead atoms. The lowest BCUT2D eigenvalue weighted by atomic mass is 9.87. The van der Waals surface area contributed by atoms with Crippen molar-refractivity contribution in [3.63, 3.8) is 0 Å². The van der Waals surface area contributed by atoms with Crippen LogP contribution in [0.4, 0.5) is 4.39 Å². The van der Waals surface area contributed by atoms with E-state index in [4.69, 9.17) is 16.7 Å². The van der Waals surface area contributed by atoms with Gasteiger partial charge < -0.3 is 5.11 Å². The number of halogens is 2. The number of fused-ring (bicyclic) bond motifs is 1. The van der Waals surface area contributed by atoms with Gasteiger partial charge in [-0.05, 0) is 64.1 Å². The molecule has 0 aliphatic heterocycles. The van der Waals surface area contributed by atoms with Gasteiger partial charge in [-0.25, -0.2) is 4.79 Å². The SMILES string of the molecule is CCC(=C(c1ccc(C=CC(=O)O)cc1)c1ccc2n[nH]c(F)c2c1)c1ccncc1Cl. The highest BCUT2D eigenvalue weighted by Crippen LogP contribution is 2.37. The highest BCUT2D eigenvalue weighted by Gasteiger charge is 2.17. The minimum absolute atomic E-state index is 0.400. The Labute approximate surface area is 188 Å². The van der Waals surface area contributed by atoms with Crippen molar-refractivity contribution in [1.29, 1.82) is 0 Å². The Kier molecular flexibility index (Phi) is 6.14. The first-order valence-corrected chi connectivity index (χ1v) is 10.3. The number of aromatic amines is 1. The molecule has 0 aliphatic rings.